The highest BCUT2D eigenvalue weighted by Gasteiger charge is 2.20. The molecular formula is C14H19N3. The topological polar surface area (TPSA) is 39.1 Å². The quantitative estimate of drug-likeness (QED) is 0.847. The van der Waals surface area contributed by atoms with E-state index in [1.54, 1.807) is 0 Å². The number of nitriles is 1. The number of rotatable bonds is 2. The largest absolute Gasteiger partial charge is 0.388 e. The van der Waals surface area contributed by atoms with Crippen molar-refractivity contribution >= 4 is 11.4 Å². The Balaban J connectivity index is 2.34. The van der Waals surface area contributed by atoms with Crippen molar-refractivity contribution < 1.29 is 0 Å². The molecule has 90 valence electrons. The van der Waals surface area contributed by atoms with Crippen molar-refractivity contribution in [2.45, 2.75) is 32.2 Å². The Labute approximate surface area is 103 Å². The highest BCUT2D eigenvalue weighted by Crippen LogP contribution is 2.29. The minimum absolute atomic E-state index is 0.538. The molecule has 1 fully saturated rings. The van der Waals surface area contributed by atoms with E-state index >= 15 is 0 Å². The van der Waals surface area contributed by atoms with Gasteiger partial charge in [-0.25, -0.2) is 0 Å². The van der Waals surface area contributed by atoms with Crippen molar-refractivity contribution in [2.75, 3.05) is 23.8 Å². The number of hydrogen-bond acceptors (Lipinski definition) is 3. The maximum Gasteiger partial charge on any atom is 0.101 e. The average Bonchev–Trinajstić information content (AvgIpc) is 2.38. The van der Waals surface area contributed by atoms with Crippen LogP contribution in [0.2, 0.25) is 0 Å². The van der Waals surface area contributed by atoms with Crippen LogP contribution in [0.3, 0.4) is 0 Å². The molecule has 3 heteroatoms. The summed E-state index contributed by atoms with van der Waals surface area (Å²) in [5, 5.41) is 12.3. The molecule has 0 aliphatic carbocycles. The summed E-state index contributed by atoms with van der Waals surface area (Å²) in [7, 11) is 1.87. The SMILES string of the molecule is CNc1ccc(N2CCCC[C@H]2C)c(C#N)c1. The van der Waals surface area contributed by atoms with Crippen LogP contribution in [0.25, 0.3) is 0 Å². The van der Waals surface area contributed by atoms with E-state index in [0.717, 1.165) is 23.5 Å². The fourth-order valence-corrected chi connectivity index (χ4v) is 2.49. The Bertz CT molecular complexity index is 434. The zero-order valence-corrected chi connectivity index (χ0v) is 10.5. The molecule has 0 amide bonds. The molecule has 1 aromatic carbocycles. The molecule has 0 aromatic heterocycles. The summed E-state index contributed by atoms with van der Waals surface area (Å²) in [5.41, 5.74) is 2.85. The smallest absolute Gasteiger partial charge is 0.101 e. The number of anilines is 2. The van der Waals surface area contributed by atoms with E-state index in [4.69, 9.17) is 0 Å². The van der Waals surface area contributed by atoms with E-state index in [2.05, 4.69) is 29.3 Å². The fourth-order valence-electron chi connectivity index (χ4n) is 2.49. The summed E-state index contributed by atoms with van der Waals surface area (Å²) < 4.78 is 0. The van der Waals surface area contributed by atoms with Crippen LogP contribution in [0.15, 0.2) is 18.2 Å². The van der Waals surface area contributed by atoms with Gasteiger partial charge in [0, 0.05) is 25.3 Å². The fraction of sp³-hybridized carbons (Fsp3) is 0.500. The summed E-state index contributed by atoms with van der Waals surface area (Å²) in [6.45, 7) is 3.31. The molecule has 1 heterocycles. The van der Waals surface area contributed by atoms with Gasteiger partial charge in [-0.15, -0.1) is 0 Å². The van der Waals surface area contributed by atoms with Crippen LogP contribution in [0.4, 0.5) is 11.4 Å². The number of benzene rings is 1. The van der Waals surface area contributed by atoms with Gasteiger partial charge < -0.3 is 10.2 Å². The Morgan fingerprint density at radius 3 is 2.88 bits per heavy atom. The summed E-state index contributed by atoms with van der Waals surface area (Å²) in [5.74, 6) is 0. The van der Waals surface area contributed by atoms with Gasteiger partial charge in [0.05, 0.1) is 11.3 Å². The summed E-state index contributed by atoms with van der Waals surface area (Å²) in [4.78, 5) is 2.36. The van der Waals surface area contributed by atoms with Crippen molar-refractivity contribution in [2.24, 2.45) is 0 Å². The Kier molecular flexibility index (Phi) is 3.53. The molecule has 1 aromatic rings. The van der Waals surface area contributed by atoms with E-state index in [-0.39, 0.29) is 0 Å². The van der Waals surface area contributed by atoms with Crippen molar-refractivity contribution in [1.82, 2.24) is 0 Å². The first-order chi connectivity index (χ1) is 8.26. The van der Waals surface area contributed by atoms with Crippen molar-refractivity contribution in [1.29, 1.82) is 5.26 Å². The maximum absolute atomic E-state index is 9.25. The molecule has 0 saturated carbocycles. The van der Waals surface area contributed by atoms with Gasteiger partial charge in [0.15, 0.2) is 0 Å². The second kappa shape index (κ2) is 5.09. The first-order valence-electron chi connectivity index (χ1n) is 6.25. The molecule has 0 unspecified atom stereocenters. The molecule has 0 spiro atoms. The standard InChI is InChI=1S/C14H19N3/c1-11-5-3-4-8-17(11)14-7-6-13(16-2)9-12(14)10-15/h6-7,9,11,16H,3-5,8H2,1-2H3/t11-/m1/s1. The molecule has 0 radical (unpaired) electrons. The van der Waals surface area contributed by atoms with E-state index in [1.807, 2.05) is 19.2 Å². The normalized spacial score (nSPS) is 19.8. The van der Waals surface area contributed by atoms with Crippen LogP contribution in [0.1, 0.15) is 31.7 Å². The third-order valence-electron chi connectivity index (χ3n) is 3.52. The molecule has 2 rings (SSSR count). The summed E-state index contributed by atoms with van der Waals surface area (Å²) in [6, 6.07) is 8.87. The molecule has 1 aliphatic heterocycles. The van der Waals surface area contributed by atoms with Crippen molar-refractivity contribution in [3.8, 4) is 6.07 Å². The second-order valence-electron chi connectivity index (χ2n) is 4.63. The minimum Gasteiger partial charge on any atom is -0.388 e. The lowest BCUT2D eigenvalue weighted by atomic mass is 10.0. The lowest BCUT2D eigenvalue weighted by molar-refractivity contribution is 0.484. The number of nitrogens with zero attached hydrogens (tertiary/aromatic N) is 2. The monoisotopic (exact) mass is 229 g/mol. The van der Waals surface area contributed by atoms with E-state index in [1.165, 1.54) is 19.3 Å². The Morgan fingerprint density at radius 2 is 2.24 bits per heavy atom. The molecule has 1 N–H and O–H groups in total. The first kappa shape index (κ1) is 11.8. The third-order valence-corrected chi connectivity index (χ3v) is 3.52. The predicted octanol–water partition coefficient (Wildman–Crippen LogP) is 2.98. The average molecular weight is 229 g/mol. The molecule has 17 heavy (non-hydrogen) atoms. The van der Waals surface area contributed by atoms with Gasteiger partial charge in [-0.05, 0) is 44.4 Å². The minimum atomic E-state index is 0.538. The van der Waals surface area contributed by atoms with Crippen LogP contribution in [-0.2, 0) is 0 Å². The molecular weight excluding hydrogens is 210 g/mol. The number of nitrogens with one attached hydrogen (secondary N) is 1. The first-order valence-corrected chi connectivity index (χ1v) is 6.25. The van der Waals surface area contributed by atoms with Crippen LogP contribution in [0.5, 0.6) is 0 Å². The van der Waals surface area contributed by atoms with Crippen LogP contribution in [-0.4, -0.2) is 19.6 Å². The number of hydrogen-bond donors (Lipinski definition) is 1. The lowest BCUT2D eigenvalue weighted by Gasteiger charge is -2.36. The van der Waals surface area contributed by atoms with Gasteiger partial charge in [0.1, 0.15) is 6.07 Å². The van der Waals surface area contributed by atoms with Gasteiger partial charge in [-0.3, -0.25) is 0 Å². The molecule has 1 aliphatic rings. The third kappa shape index (κ3) is 2.36. The van der Waals surface area contributed by atoms with E-state index < -0.39 is 0 Å². The van der Waals surface area contributed by atoms with E-state index in [0.29, 0.717) is 6.04 Å². The van der Waals surface area contributed by atoms with Crippen LogP contribution < -0.4 is 10.2 Å². The van der Waals surface area contributed by atoms with Crippen LogP contribution in [0, 0.1) is 11.3 Å². The van der Waals surface area contributed by atoms with E-state index in [9.17, 15) is 5.26 Å². The van der Waals surface area contributed by atoms with Gasteiger partial charge in [0.2, 0.25) is 0 Å². The highest BCUT2D eigenvalue weighted by atomic mass is 15.2. The molecule has 0 bridgehead atoms. The van der Waals surface area contributed by atoms with Gasteiger partial charge in [-0.2, -0.15) is 5.26 Å². The second-order valence-corrected chi connectivity index (χ2v) is 4.63. The summed E-state index contributed by atoms with van der Waals surface area (Å²) >= 11 is 0. The van der Waals surface area contributed by atoms with Crippen LogP contribution >= 0.6 is 0 Å². The van der Waals surface area contributed by atoms with Gasteiger partial charge in [0.25, 0.3) is 0 Å². The Hall–Kier alpha value is -1.69. The predicted molar refractivity (Wildman–Crippen MR) is 71.4 cm³/mol. The van der Waals surface area contributed by atoms with Gasteiger partial charge in [-0.1, -0.05) is 0 Å². The summed E-state index contributed by atoms with van der Waals surface area (Å²) in [6.07, 6.45) is 3.75. The lowest BCUT2D eigenvalue weighted by Crippen LogP contribution is -2.37. The molecule has 1 atom stereocenters. The zero-order chi connectivity index (χ0) is 12.3. The van der Waals surface area contributed by atoms with Gasteiger partial charge >= 0.3 is 0 Å². The molecule has 1 saturated heterocycles. The number of piperidine rings is 1. The maximum atomic E-state index is 9.25. The molecule has 3 nitrogen and oxygen atoms in total. The highest BCUT2D eigenvalue weighted by molar-refractivity contribution is 5.65. The zero-order valence-electron chi connectivity index (χ0n) is 10.5. The van der Waals surface area contributed by atoms with Crippen molar-refractivity contribution in [3.05, 3.63) is 23.8 Å². The van der Waals surface area contributed by atoms with Crippen molar-refractivity contribution in [3.63, 3.8) is 0 Å². The Morgan fingerprint density at radius 1 is 1.41 bits per heavy atom.